The largest absolute Gasteiger partial charge is 0.469 e. The lowest BCUT2D eigenvalue weighted by Crippen LogP contribution is -2.21. The third kappa shape index (κ3) is 2.03. The van der Waals surface area contributed by atoms with Crippen LogP contribution in [-0.2, 0) is 19.4 Å². The molecule has 2 heterocycles. The lowest BCUT2D eigenvalue weighted by molar-refractivity contribution is 0.508. The molecule has 0 spiro atoms. The molecule has 3 nitrogen and oxygen atoms in total. The summed E-state index contributed by atoms with van der Waals surface area (Å²) >= 11 is 1.83. The Kier molecular flexibility index (Phi) is 2.76. The molecule has 0 amide bonds. The predicted octanol–water partition coefficient (Wildman–Crippen LogP) is 3.00. The summed E-state index contributed by atoms with van der Waals surface area (Å²) < 4.78 is 5.47. The molecule has 3 rings (SSSR count). The van der Waals surface area contributed by atoms with Crippen molar-refractivity contribution in [3.63, 3.8) is 0 Å². The van der Waals surface area contributed by atoms with Gasteiger partial charge in [-0.2, -0.15) is 0 Å². The molecule has 0 bridgehead atoms. The molecule has 0 aromatic carbocycles. The average Bonchev–Trinajstić information content (AvgIpc) is 2.91. The first-order chi connectivity index (χ1) is 8.24. The second-order valence-electron chi connectivity index (χ2n) is 4.67. The first-order valence-electron chi connectivity index (χ1n) is 6.02. The molecule has 0 saturated heterocycles. The van der Waals surface area contributed by atoms with Crippen LogP contribution in [0.5, 0.6) is 0 Å². The number of fused-ring (bicyclic) bond motifs is 3. The number of nitrogens with zero attached hydrogens (tertiary/aromatic N) is 1. The summed E-state index contributed by atoms with van der Waals surface area (Å²) in [7, 11) is 0. The van der Waals surface area contributed by atoms with Crippen LogP contribution in [0.15, 0.2) is 16.7 Å². The number of nitrogens with one attached hydrogen (secondary N) is 1. The van der Waals surface area contributed by atoms with Crippen LogP contribution in [0.2, 0.25) is 0 Å². The van der Waals surface area contributed by atoms with Crippen molar-refractivity contribution in [1.82, 2.24) is 10.3 Å². The van der Waals surface area contributed by atoms with Gasteiger partial charge in [0.15, 0.2) is 0 Å². The van der Waals surface area contributed by atoms with E-state index >= 15 is 0 Å². The maximum Gasteiger partial charge on any atom is 0.113 e. The van der Waals surface area contributed by atoms with Gasteiger partial charge in [-0.15, -0.1) is 11.3 Å². The molecule has 0 fully saturated rings. The van der Waals surface area contributed by atoms with Gasteiger partial charge in [-0.05, 0) is 12.5 Å². The molecule has 1 aliphatic carbocycles. The lowest BCUT2D eigenvalue weighted by atomic mass is 10.0. The van der Waals surface area contributed by atoms with E-state index in [0.29, 0.717) is 6.04 Å². The van der Waals surface area contributed by atoms with Crippen LogP contribution in [-0.4, -0.2) is 11.0 Å². The van der Waals surface area contributed by atoms with E-state index in [2.05, 4.69) is 19.2 Å². The van der Waals surface area contributed by atoms with E-state index in [1.54, 1.807) is 6.26 Å². The Morgan fingerprint density at radius 3 is 3.18 bits per heavy atom. The Labute approximate surface area is 105 Å². The van der Waals surface area contributed by atoms with Crippen molar-refractivity contribution < 1.29 is 4.42 Å². The van der Waals surface area contributed by atoms with E-state index in [1.165, 1.54) is 15.4 Å². The van der Waals surface area contributed by atoms with Crippen molar-refractivity contribution in [2.75, 3.05) is 0 Å². The second kappa shape index (κ2) is 4.27. The predicted molar refractivity (Wildman–Crippen MR) is 69.2 cm³/mol. The van der Waals surface area contributed by atoms with Gasteiger partial charge in [-0.3, -0.25) is 0 Å². The molecule has 2 aromatic rings. The normalized spacial score (nSPS) is 13.8. The summed E-state index contributed by atoms with van der Waals surface area (Å²) in [6.07, 6.45) is 3.84. The fourth-order valence-electron chi connectivity index (χ4n) is 2.12. The number of thiazole rings is 1. The molecular weight excluding hydrogens is 232 g/mol. The summed E-state index contributed by atoms with van der Waals surface area (Å²) in [6.45, 7) is 5.17. The number of aromatic nitrogens is 1. The molecule has 0 saturated carbocycles. The van der Waals surface area contributed by atoms with Crippen molar-refractivity contribution >= 4 is 11.3 Å². The highest BCUT2D eigenvalue weighted by molar-refractivity contribution is 7.12. The molecule has 4 heteroatoms. The van der Waals surface area contributed by atoms with E-state index < -0.39 is 0 Å². The fraction of sp³-hybridized carbons (Fsp3) is 0.462. The van der Waals surface area contributed by atoms with Crippen LogP contribution in [0, 0.1) is 0 Å². The lowest BCUT2D eigenvalue weighted by Gasteiger charge is -2.07. The van der Waals surface area contributed by atoms with Gasteiger partial charge in [0.1, 0.15) is 10.8 Å². The third-order valence-corrected chi connectivity index (χ3v) is 4.10. The quantitative estimate of drug-likeness (QED) is 0.907. The van der Waals surface area contributed by atoms with Gasteiger partial charge >= 0.3 is 0 Å². The molecule has 2 aromatic heterocycles. The van der Waals surface area contributed by atoms with E-state index in [1.807, 2.05) is 17.4 Å². The maximum absolute atomic E-state index is 5.47. The standard InChI is InChI=1S/C13H16N2OS/c1-8(2)14-7-12-15-13-9-5-6-16-10(9)3-4-11(13)17-12/h5-6,8,14H,3-4,7H2,1-2H3. The SMILES string of the molecule is CC(C)NCc1nc2c(s1)CCc1occc1-2. The molecule has 0 radical (unpaired) electrons. The molecule has 0 aliphatic heterocycles. The smallest absolute Gasteiger partial charge is 0.113 e. The Balaban J connectivity index is 1.89. The zero-order valence-corrected chi connectivity index (χ0v) is 10.9. The topological polar surface area (TPSA) is 38.1 Å². The zero-order valence-electron chi connectivity index (χ0n) is 10.1. The Morgan fingerprint density at radius 1 is 1.47 bits per heavy atom. The van der Waals surface area contributed by atoms with Gasteiger partial charge in [0.2, 0.25) is 0 Å². The monoisotopic (exact) mass is 248 g/mol. The Morgan fingerprint density at radius 2 is 2.35 bits per heavy atom. The molecule has 0 atom stereocenters. The molecule has 90 valence electrons. The average molecular weight is 248 g/mol. The van der Waals surface area contributed by atoms with Crippen molar-refractivity contribution in [2.45, 2.75) is 39.3 Å². The van der Waals surface area contributed by atoms with Gasteiger partial charge in [-0.1, -0.05) is 13.8 Å². The minimum absolute atomic E-state index is 0.500. The highest BCUT2D eigenvalue weighted by Gasteiger charge is 2.22. The number of rotatable bonds is 3. The summed E-state index contributed by atoms with van der Waals surface area (Å²) in [5, 5.41) is 4.59. The van der Waals surface area contributed by atoms with Gasteiger partial charge < -0.3 is 9.73 Å². The highest BCUT2D eigenvalue weighted by atomic mass is 32.1. The molecule has 1 aliphatic rings. The van der Waals surface area contributed by atoms with Crippen LogP contribution in [0.1, 0.15) is 29.5 Å². The molecular formula is C13H16N2OS. The molecule has 17 heavy (non-hydrogen) atoms. The van der Waals surface area contributed by atoms with Crippen molar-refractivity contribution in [3.05, 3.63) is 28.0 Å². The summed E-state index contributed by atoms with van der Waals surface area (Å²) in [4.78, 5) is 6.13. The van der Waals surface area contributed by atoms with E-state index in [9.17, 15) is 0 Å². The van der Waals surface area contributed by atoms with E-state index in [0.717, 1.165) is 30.8 Å². The van der Waals surface area contributed by atoms with E-state index in [-0.39, 0.29) is 0 Å². The zero-order chi connectivity index (χ0) is 11.8. The van der Waals surface area contributed by atoms with Crippen LogP contribution >= 0.6 is 11.3 Å². The van der Waals surface area contributed by atoms with Crippen molar-refractivity contribution in [2.24, 2.45) is 0 Å². The summed E-state index contributed by atoms with van der Waals surface area (Å²) in [5.41, 5.74) is 2.34. The second-order valence-corrected chi connectivity index (χ2v) is 5.84. The first-order valence-corrected chi connectivity index (χ1v) is 6.84. The Bertz CT molecular complexity index is 527. The summed E-state index contributed by atoms with van der Waals surface area (Å²) in [6, 6.07) is 2.53. The van der Waals surface area contributed by atoms with Crippen LogP contribution in [0.25, 0.3) is 11.3 Å². The van der Waals surface area contributed by atoms with Gasteiger partial charge in [0.05, 0.1) is 12.0 Å². The summed E-state index contributed by atoms with van der Waals surface area (Å²) in [5.74, 6) is 1.09. The minimum atomic E-state index is 0.500. The first kappa shape index (κ1) is 11.0. The van der Waals surface area contributed by atoms with Crippen molar-refractivity contribution in [1.29, 1.82) is 0 Å². The number of hydrogen-bond acceptors (Lipinski definition) is 4. The number of hydrogen-bond donors (Lipinski definition) is 1. The molecule has 0 unspecified atom stereocenters. The van der Waals surface area contributed by atoms with Gasteiger partial charge in [-0.25, -0.2) is 4.98 Å². The van der Waals surface area contributed by atoms with Crippen LogP contribution in [0.3, 0.4) is 0 Å². The van der Waals surface area contributed by atoms with Gasteiger partial charge in [0, 0.05) is 29.4 Å². The Hall–Kier alpha value is -1.13. The maximum atomic E-state index is 5.47. The van der Waals surface area contributed by atoms with Gasteiger partial charge in [0.25, 0.3) is 0 Å². The highest BCUT2D eigenvalue weighted by Crippen LogP contribution is 2.36. The fourth-order valence-corrected chi connectivity index (χ4v) is 3.15. The molecule has 1 N–H and O–H groups in total. The van der Waals surface area contributed by atoms with Crippen LogP contribution < -0.4 is 5.32 Å². The number of furan rings is 1. The minimum Gasteiger partial charge on any atom is -0.469 e. The third-order valence-electron chi connectivity index (χ3n) is 2.98. The van der Waals surface area contributed by atoms with Crippen LogP contribution in [0.4, 0.5) is 0 Å². The van der Waals surface area contributed by atoms with E-state index in [4.69, 9.17) is 9.40 Å². The van der Waals surface area contributed by atoms with Crippen molar-refractivity contribution in [3.8, 4) is 11.3 Å². The number of aryl methyl sites for hydroxylation is 2.